The Morgan fingerprint density at radius 1 is 1.10 bits per heavy atom. The zero-order chi connectivity index (χ0) is 22.4. The number of ether oxygens (including phenoxy) is 1. The van der Waals surface area contributed by atoms with E-state index < -0.39 is 22.7 Å². The lowest BCUT2D eigenvalue weighted by molar-refractivity contribution is 0.0916. The molecule has 1 atom stereocenters. The number of pyridine rings is 1. The van der Waals surface area contributed by atoms with E-state index in [4.69, 9.17) is 4.74 Å². The maximum Gasteiger partial charge on any atom is 0.251 e. The lowest BCUT2D eigenvalue weighted by atomic mass is 9.99. The van der Waals surface area contributed by atoms with E-state index in [1.807, 2.05) is 31.2 Å². The van der Waals surface area contributed by atoms with E-state index in [0.29, 0.717) is 22.6 Å². The lowest BCUT2D eigenvalue weighted by Gasteiger charge is -2.17. The number of rotatable bonds is 8. The fraction of sp³-hybridized carbons (Fsp3) is 0.217. The molecule has 31 heavy (non-hydrogen) atoms. The molecule has 0 radical (unpaired) electrons. The molecular formula is C23H24N2O5S. The zero-order valence-corrected chi connectivity index (χ0v) is 18.1. The van der Waals surface area contributed by atoms with E-state index in [1.165, 1.54) is 13.3 Å². The predicted molar refractivity (Wildman–Crippen MR) is 119 cm³/mol. The largest absolute Gasteiger partial charge is 0.481 e. The molecule has 1 amide bonds. The maximum atomic E-state index is 13.0. The molecule has 0 aliphatic heterocycles. The highest BCUT2D eigenvalue weighted by molar-refractivity contribution is 7.71. The number of nitrogens with one attached hydrogen (secondary N) is 1. The average Bonchev–Trinajstić information content (AvgIpc) is 2.77. The van der Waals surface area contributed by atoms with Crippen molar-refractivity contribution in [1.82, 2.24) is 10.3 Å². The topological polar surface area (TPSA) is 106 Å². The first-order chi connectivity index (χ1) is 14.9. The summed E-state index contributed by atoms with van der Waals surface area (Å²) in [4.78, 5) is 17.1. The van der Waals surface area contributed by atoms with Gasteiger partial charge in [-0.25, -0.2) is 13.4 Å². The highest BCUT2D eigenvalue weighted by Gasteiger charge is 2.17. The van der Waals surface area contributed by atoms with Crippen molar-refractivity contribution >= 4 is 16.6 Å². The Bertz CT molecular complexity index is 1120. The van der Waals surface area contributed by atoms with Crippen LogP contribution in [0.25, 0.3) is 11.1 Å². The number of carbonyl (C=O) groups excluding carboxylic acids is 1. The fourth-order valence-corrected chi connectivity index (χ4v) is 3.65. The molecule has 8 heteroatoms. The molecule has 2 N–H and O–H groups in total. The first-order valence-corrected chi connectivity index (χ1v) is 11.0. The van der Waals surface area contributed by atoms with Crippen molar-refractivity contribution < 1.29 is 23.1 Å². The summed E-state index contributed by atoms with van der Waals surface area (Å²) in [5.74, 6) is -0.165. The van der Waals surface area contributed by atoms with Crippen LogP contribution in [0.3, 0.4) is 0 Å². The van der Waals surface area contributed by atoms with Crippen LogP contribution in [0.15, 0.2) is 60.8 Å². The van der Waals surface area contributed by atoms with Crippen molar-refractivity contribution in [2.75, 3.05) is 13.7 Å². The van der Waals surface area contributed by atoms with E-state index in [0.717, 1.165) is 16.7 Å². The van der Waals surface area contributed by atoms with E-state index in [-0.39, 0.29) is 12.4 Å². The summed E-state index contributed by atoms with van der Waals surface area (Å²) in [6, 6.07) is 15.5. The molecule has 1 aromatic heterocycles. The van der Waals surface area contributed by atoms with Crippen molar-refractivity contribution in [3.63, 3.8) is 0 Å². The molecule has 0 aliphatic rings. The first-order valence-electron chi connectivity index (χ1n) is 9.64. The molecule has 0 fully saturated rings. The zero-order valence-electron chi connectivity index (χ0n) is 17.2. The van der Waals surface area contributed by atoms with Gasteiger partial charge in [0, 0.05) is 17.8 Å². The number of benzene rings is 2. The number of methoxy groups -OCH3 is 1. The van der Waals surface area contributed by atoms with Crippen LogP contribution in [-0.2, 0) is 16.5 Å². The van der Waals surface area contributed by atoms with Gasteiger partial charge in [0.05, 0.1) is 25.5 Å². The molecule has 1 heterocycles. The number of carbonyl (C=O) groups is 1. The highest BCUT2D eigenvalue weighted by atomic mass is 32.2. The molecule has 2 aromatic carbocycles. The number of amides is 1. The van der Waals surface area contributed by atoms with Gasteiger partial charge in [-0.15, -0.1) is 0 Å². The SMILES string of the molecule is COc1ccc([C@@H](CO)NC(=O)c2cc(C[SH](=O)=O)cc(-c3ccc(C)cc3)c2)cn1. The molecule has 0 unspecified atom stereocenters. The van der Waals surface area contributed by atoms with E-state index in [2.05, 4.69) is 10.3 Å². The van der Waals surface area contributed by atoms with Gasteiger partial charge in [-0.2, -0.15) is 0 Å². The Labute approximate surface area is 182 Å². The molecule has 0 saturated heterocycles. The van der Waals surface area contributed by atoms with Crippen molar-refractivity contribution in [2.45, 2.75) is 18.7 Å². The molecule has 7 nitrogen and oxygen atoms in total. The third kappa shape index (κ3) is 5.90. The van der Waals surface area contributed by atoms with Crippen LogP contribution in [0.1, 0.15) is 33.1 Å². The van der Waals surface area contributed by atoms with Crippen LogP contribution in [0.4, 0.5) is 0 Å². The number of aliphatic hydroxyl groups excluding tert-OH is 1. The number of thiol groups is 1. The van der Waals surface area contributed by atoms with Crippen LogP contribution in [0.2, 0.25) is 0 Å². The predicted octanol–water partition coefficient (Wildman–Crippen LogP) is 2.64. The number of hydrogen-bond acceptors (Lipinski definition) is 6. The molecule has 0 saturated carbocycles. The Balaban J connectivity index is 1.92. The number of aliphatic hydroxyl groups is 1. The molecule has 162 valence electrons. The summed E-state index contributed by atoms with van der Waals surface area (Å²) in [6.45, 7) is 1.65. The van der Waals surface area contributed by atoms with E-state index >= 15 is 0 Å². The minimum atomic E-state index is -2.65. The average molecular weight is 441 g/mol. The molecule has 0 aliphatic carbocycles. The van der Waals surface area contributed by atoms with Crippen LogP contribution >= 0.6 is 0 Å². The molecule has 3 aromatic rings. The quantitative estimate of drug-likeness (QED) is 0.465. The van der Waals surface area contributed by atoms with Crippen LogP contribution < -0.4 is 10.1 Å². The monoisotopic (exact) mass is 440 g/mol. The van der Waals surface area contributed by atoms with Crippen molar-refractivity contribution in [3.05, 3.63) is 83.0 Å². The van der Waals surface area contributed by atoms with Crippen LogP contribution in [0, 0.1) is 6.92 Å². The highest BCUT2D eigenvalue weighted by Crippen LogP contribution is 2.24. The number of hydrogen-bond donors (Lipinski definition) is 3. The second kappa shape index (κ2) is 10.2. The van der Waals surface area contributed by atoms with Gasteiger partial charge in [0.2, 0.25) is 5.88 Å². The number of aromatic nitrogens is 1. The molecule has 3 rings (SSSR count). The lowest BCUT2D eigenvalue weighted by Crippen LogP contribution is -2.31. The summed E-state index contributed by atoms with van der Waals surface area (Å²) < 4.78 is 27.6. The van der Waals surface area contributed by atoms with Gasteiger partial charge in [-0.1, -0.05) is 35.9 Å². The first kappa shape index (κ1) is 22.5. The molecule has 0 bridgehead atoms. The molecular weight excluding hydrogens is 416 g/mol. The van der Waals surface area contributed by atoms with Crippen molar-refractivity contribution in [1.29, 1.82) is 0 Å². The Kier molecular flexibility index (Phi) is 7.38. The Morgan fingerprint density at radius 3 is 2.42 bits per heavy atom. The minimum absolute atomic E-state index is 0.166. The second-order valence-electron chi connectivity index (χ2n) is 7.12. The van der Waals surface area contributed by atoms with E-state index in [1.54, 1.807) is 30.3 Å². The number of aryl methyl sites for hydroxylation is 1. The fourth-order valence-electron chi connectivity index (χ4n) is 3.17. The third-order valence-electron chi connectivity index (χ3n) is 4.81. The smallest absolute Gasteiger partial charge is 0.251 e. The van der Waals surface area contributed by atoms with Gasteiger partial charge in [0.15, 0.2) is 0 Å². The minimum Gasteiger partial charge on any atom is -0.481 e. The van der Waals surface area contributed by atoms with Crippen molar-refractivity contribution in [3.8, 4) is 17.0 Å². The van der Waals surface area contributed by atoms with Crippen LogP contribution in [0.5, 0.6) is 5.88 Å². The summed E-state index contributed by atoms with van der Waals surface area (Å²) >= 11 is 0. The number of nitrogens with zero attached hydrogens (tertiary/aromatic N) is 1. The van der Waals surface area contributed by atoms with Gasteiger partial charge < -0.3 is 15.2 Å². The summed E-state index contributed by atoms with van der Waals surface area (Å²) in [7, 11) is -1.15. The Morgan fingerprint density at radius 2 is 1.84 bits per heavy atom. The standard InChI is InChI=1S/C23H24N2O5S/c1-15-3-5-17(6-4-15)19-9-16(14-31(28)29)10-20(11-19)23(27)25-21(13-26)18-7-8-22(30-2)24-12-18/h3-12,21,26,31H,13-14H2,1-2H3,(H,25,27)/t21-/m1/s1. The van der Waals surface area contributed by atoms with E-state index in [9.17, 15) is 18.3 Å². The normalized spacial score (nSPS) is 11.9. The molecule has 0 spiro atoms. The van der Waals surface area contributed by atoms with Crippen LogP contribution in [-0.4, -0.2) is 38.1 Å². The maximum absolute atomic E-state index is 13.0. The van der Waals surface area contributed by atoms with Crippen molar-refractivity contribution in [2.24, 2.45) is 0 Å². The van der Waals surface area contributed by atoms with Gasteiger partial charge in [-0.3, -0.25) is 4.79 Å². The van der Waals surface area contributed by atoms with Gasteiger partial charge >= 0.3 is 0 Å². The third-order valence-corrected chi connectivity index (χ3v) is 5.43. The van der Waals surface area contributed by atoms with Gasteiger partial charge in [0.1, 0.15) is 10.7 Å². The van der Waals surface area contributed by atoms with Gasteiger partial charge in [-0.05, 0) is 47.4 Å². The summed E-state index contributed by atoms with van der Waals surface area (Å²) in [5.41, 5.74) is 4.16. The second-order valence-corrected chi connectivity index (χ2v) is 8.10. The van der Waals surface area contributed by atoms with Gasteiger partial charge in [0.25, 0.3) is 5.91 Å². The Hall–Kier alpha value is -3.23. The summed E-state index contributed by atoms with van der Waals surface area (Å²) in [6.07, 6.45) is 1.52. The summed E-state index contributed by atoms with van der Waals surface area (Å²) in [5, 5.41) is 12.6.